The Morgan fingerprint density at radius 1 is 1.47 bits per heavy atom. The third kappa shape index (κ3) is 2.40. The second-order valence-corrected chi connectivity index (χ2v) is 5.14. The van der Waals surface area contributed by atoms with Gasteiger partial charge in [-0.3, -0.25) is 0 Å². The Morgan fingerprint density at radius 3 is 2.80 bits per heavy atom. The van der Waals surface area contributed by atoms with Gasteiger partial charge in [-0.15, -0.1) is 0 Å². The van der Waals surface area contributed by atoms with Crippen molar-refractivity contribution in [3.05, 3.63) is 44.2 Å². The van der Waals surface area contributed by atoms with Crippen molar-refractivity contribution >= 4 is 38.5 Å². The van der Waals surface area contributed by atoms with Crippen LogP contribution in [0.25, 0.3) is 5.69 Å². The van der Waals surface area contributed by atoms with Crippen molar-refractivity contribution in [2.24, 2.45) is 0 Å². The quantitative estimate of drug-likeness (QED) is 0.816. The van der Waals surface area contributed by atoms with Gasteiger partial charge >= 0.3 is 0 Å². The summed E-state index contributed by atoms with van der Waals surface area (Å²) in [6.45, 7) is 0.0392. The van der Waals surface area contributed by atoms with Crippen molar-refractivity contribution in [3.63, 3.8) is 0 Å². The zero-order valence-corrected chi connectivity index (χ0v) is 11.4. The molecule has 0 unspecified atom stereocenters. The standard InChI is InChI=1S/C10H8BrIN2O/c11-10-3-9(2-1-7(10)6-15)14-5-8(12)4-13-14/h1-5,15H,6H2. The van der Waals surface area contributed by atoms with Crippen LogP contribution in [0.1, 0.15) is 5.56 Å². The molecule has 0 saturated heterocycles. The van der Waals surface area contributed by atoms with E-state index < -0.39 is 0 Å². The fourth-order valence-corrected chi connectivity index (χ4v) is 2.13. The molecule has 0 bridgehead atoms. The number of nitrogens with zero attached hydrogens (tertiary/aromatic N) is 2. The summed E-state index contributed by atoms with van der Waals surface area (Å²) in [5.41, 5.74) is 1.85. The molecule has 1 aromatic heterocycles. The first-order valence-electron chi connectivity index (χ1n) is 4.30. The van der Waals surface area contributed by atoms with Crippen LogP contribution >= 0.6 is 38.5 Å². The van der Waals surface area contributed by atoms with E-state index in [-0.39, 0.29) is 6.61 Å². The molecule has 0 aliphatic rings. The van der Waals surface area contributed by atoms with Crippen LogP contribution in [-0.4, -0.2) is 14.9 Å². The van der Waals surface area contributed by atoms with Gasteiger partial charge in [-0.2, -0.15) is 5.10 Å². The number of benzene rings is 1. The minimum Gasteiger partial charge on any atom is -0.392 e. The number of hydrogen-bond acceptors (Lipinski definition) is 2. The highest BCUT2D eigenvalue weighted by atomic mass is 127. The van der Waals surface area contributed by atoms with Gasteiger partial charge in [-0.05, 0) is 40.3 Å². The first kappa shape index (κ1) is 11.1. The molecule has 0 fully saturated rings. The van der Waals surface area contributed by atoms with Gasteiger partial charge in [0.2, 0.25) is 0 Å². The molecule has 0 saturated carbocycles. The predicted molar refractivity (Wildman–Crippen MR) is 69.9 cm³/mol. The van der Waals surface area contributed by atoms with E-state index in [0.717, 1.165) is 19.3 Å². The van der Waals surface area contributed by atoms with Crippen LogP contribution in [0.4, 0.5) is 0 Å². The molecule has 0 atom stereocenters. The Hall–Kier alpha value is -0.400. The smallest absolute Gasteiger partial charge is 0.0692 e. The second-order valence-electron chi connectivity index (χ2n) is 3.04. The van der Waals surface area contributed by atoms with Gasteiger partial charge in [0.05, 0.1) is 22.1 Å². The third-order valence-corrected chi connectivity index (χ3v) is 3.32. The molecule has 0 aliphatic heterocycles. The summed E-state index contributed by atoms with van der Waals surface area (Å²) in [6, 6.07) is 5.75. The first-order valence-corrected chi connectivity index (χ1v) is 6.17. The Labute approximate surface area is 109 Å². The molecule has 1 heterocycles. The highest BCUT2D eigenvalue weighted by molar-refractivity contribution is 14.1. The van der Waals surface area contributed by atoms with E-state index in [9.17, 15) is 0 Å². The maximum Gasteiger partial charge on any atom is 0.0692 e. The van der Waals surface area contributed by atoms with Crippen molar-refractivity contribution in [2.75, 3.05) is 0 Å². The molecule has 2 aromatic rings. The topological polar surface area (TPSA) is 38.0 Å². The Balaban J connectivity index is 2.42. The van der Waals surface area contributed by atoms with Crippen LogP contribution in [-0.2, 0) is 6.61 Å². The van der Waals surface area contributed by atoms with Crippen molar-refractivity contribution in [3.8, 4) is 5.69 Å². The van der Waals surface area contributed by atoms with Gasteiger partial charge in [-0.1, -0.05) is 22.0 Å². The molecule has 78 valence electrons. The average Bonchev–Trinajstić information content (AvgIpc) is 2.65. The number of hydrogen-bond donors (Lipinski definition) is 1. The fourth-order valence-electron chi connectivity index (χ4n) is 1.25. The van der Waals surface area contributed by atoms with E-state index in [1.165, 1.54) is 0 Å². The van der Waals surface area contributed by atoms with Crippen LogP contribution in [0.15, 0.2) is 35.1 Å². The molecule has 5 heteroatoms. The SMILES string of the molecule is OCc1ccc(-n2cc(I)cn2)cc1Br. The van der Waals surface area contributed by atoms with Gasteiger partial charge in [0.25, 0.3) is 0 Å². The van der Waals surface area contributed by atoms with Crippen LogP contribution in [0.3, 0.4) is 0 Å². The number of halogens is 2. The molecule has 0 radical (unpaired) electrons. The molecule has 2 rings (SSSR count). The van der Waals surface area contributed by atoms with Gasteiger partial charge in [-0.25, -0.2) is 4.68 Å². The number of aliphatic hydroxyl groups excluding tert-OH is 1. The summed E-state index contributed by atoms with van der Waals surface area (Å²) in [5.74, 6) is 0. The summed E-state index contributed by atoms with van der Waals surface area (Å²) >= 11 is 5.62. The lowest BCUT2D eigenvalue weighted by Gasteiger charge is -2.04. The van der Waals surface area contributed by atoms with Gasteiger partial charge < -0.3 is 5.11 Å². The van der Waals surface area contributed by atoms with E-state index in [2.05, 4.69) is 43.6 Å². The lowest BCUT2D eigenvalue weighted by atomic mass is 10.2. The van der Waals surface area contributed by atoms with Crippen molar-refractivity contribution in [1.29, 1.82) is 0 Å². The molecule has 0 amide bonds. The Kier molecular flexibility index (Phi) is 3.42. The van der Waals surface area contributed by atoms with E-state index in [1.807, 2.05) is 24.4 Å². The molecule has 0 aliphatic carbocycles. The van der Waals surface area contributed by atoms with Crippen LogP contribution in [0.2, 0.25) is 0 Å². The van der Waals surface area contributed by atoms with Gasteiger partial charge in [0, 0.05) is 10.7 Å². The largest absolute Gasteiger partial charge is 0.392 e. The minimum absolute atomic E-state index is 0.0392. The van der Waals surface area contributed by atoms with Gasteiger partial charge in [0.1, 0.15) is 0 Å². The van der Waals surface area contributed by atoms with E-state index >= 15 is 0 Å². The van der Waals surface area contributed by atoms with E-state index in [1.54, 1.807) is 10.9 Å². The Morgan fingerprint density at radius 2 is 2.27 bits per heavy atom. The molecule has 15 heavy (non-hydrogen) atoms. The predicted octanol–water partition coefficient (Wildman–Crippen LogP) is 2.73. The monoisotopic (exact) mass is 378 g/mol. The molecule has 1 aromatic carbocycles. The maximum absolute atomic E-state index is 9.03. The van der Waals surface area contributed by atoms with Crippen LogP contribution in [0.5, 0.6) is 0 Å². The van der Waals surface area contributed by atoms with Crippen molar-refractivity contribution < 1.29 is 5.11 Å². The number of aromatic nitrogens is 2. The Bertz CT molecular complexity index is 484. The minimum atomic E-state index is 0.0392. The van der Waals surface area contributed by atoms with Crippen LogP contribution < -0.4 is 0 Å². The molecule has 1 N–H and O–H groups in total. The number of rotatable bonds is 2. The lowest BCUT2D eigenvalue weighted by molar-refractivity contribution is 0.281. The molecular weight excluding hydrogens is 371 g/mol. The maximum atomic E-state index is 9.03. The van der Waals surface area contributed by atoms with E-state index in [4.69, 9.17) is 5.11 Å². The summed E-state index contributed by atoms with van der Waals surface area (Å²) in [4.78, 5) is 0. The summed E-state index contributed by atoms with van der Waals surface area (Å²) in [7, 11) is 0. The summed E-state index contributed by atoms with van der Waals surface area (Å²) in [5, 5.41) is 13.2. The van der Waals surface area contributed by atoms with Gasteiger partial charge in [0.15, 0.2) is 0 Å². The average molecular weight is 379 g/mol. The molecule has 3 nitrogen and oxygen atoms in total. The van der Waals surface area contributed by atoms with Crippen LogP contribution in [0, 0.1) is 3.57 Å². The second kappa shape index (κ2) is 4.63. The van der Waals surface area contributed by atoms with Crippen molar-refractivity contribution in [2.45, 2.75) is 6.61 Å². The zero-order valence-electron chi connectivity index (χ0n) is 7.69. The van der Waals surface area contributed by atoms with E-state index in [0.29, 0.717) is 0 Å². The highest BCUT2D eigenvalue weighted by Gasteiger charge is 2.03. The fraction of sp³-hybridized carbons (Fsp3) is 0.100. The highest BCUT2D eigenvalue weighted by Crippen LogP contribution is 2.21. The third-order valence-electron chi connectivity index (χ3n) is 2.02. The zero-order chi connectivity index (χ0) is 10.8. The van der Waals surface area contributed by atoms with Crippen molar-refractivity contribution in [1.82, 2.24) is 9.78 Å². The molecule has 0 spiro atoms. The lowest BCUT2D eigenvalue weighted by Crippen LogP contribution is -1.95. The number of aliphatic hydroxyl groups is 1. The normalized spacial score (nSPS) is 10.6. The first-order chi connectivity index (χ1) is 7.20. The molecular formula is C10H8BrIN2O. The summed E-state index contributed by atoms with van der Waals surface area (Å²) in [6.07, 6.45) is 3.75. The summed E-state index contributed by atoms with van der Waals surface area (Å²) < 4.78 is 3.79.